The van der Waals surface area contributed by atoms with E-state index in [1.54, 1.807) is 10.8 Å². The average molecular weight is 323 g/mol. The van der Waals surface area contributed by atoms with Crippen LogP contribution in [0.3, 0.4) is 0 Å². The van der Waals surface area contributed by atoms with Crippen molar-refractivity contribution in [3.05, 3.63) is 48.5 Å². The Hall–Kier alpha value is -2.54. The van der Waals surface area contributed by atoms with Gasteiger partial charge < -0.3 is 4.90 Å². The molecule has 3 aromatic rings. The molecule has 0 aromatic carbocycles. The summed E-state index contributed by atoms with van der Waals surface area (Å²) >= 11 is 0. The third kappa shape index (κ3) is 2.71. The summed E-state index contributed by atoms with van der Waals surface area (Å²) in [4.78, 5) is 9.11. The second-order valence-corrected chi connectivity index (χ2v) is 6.32. The normalized spacial score (nSPS) is 20.4. The van der Waals surface area contributed by atoms with E-state index in [0.29, 0.717) is 12.1 Å². The lowest BCUT2D eigenvalue weighted by Crippen LogP contribution is -2.52. The zero-order valence-electron chi connectivity index (χ0n) is 13.9. The third-order valence-electron chi connectivity index (χ3n) is 4.82. The van der Waals surface area contributed by atoms with Crippen LogP contribution in [0.2, 0.25) is 0 Å². The van der Waals surface area contributed by atoms with Crippen LogP contribution in [0.25, 0.3) is 5.65 Å². The second-order valence-electron chi connectivity index (χ2n) is 6.32. The van der Waals surface area contributed by atoms with Crippen LogP contribution in [0.1, 0.15) is 25.5 Å². The van der Waals surface area contributed by atoms with Gasteiger partial charge in [-0.3, -0.25) is 9.88 Å². The molecule has 1 aliphatic heterocycles. The van der Waals surface area contributed by atoms with Gasteiger partial charge in [0.25, 0.3) is 0 Å². The van der Waals surface area contributed by atoms with E-state index in [-0.39, 0.29) is 0 Å². The van der Waals surface area contributed by atoms with E-state index in [9.17, 15) is 0 Å². The number of anilines is 1. The van der Waals surface area contributed by atoms with Crippen molar-refractivity contribution in [3.63, 3.8) is 0 Å². The highest BCUT2D eigenvalue weighted by Crippen LogP contribution is 2.25. The Morgan fingerprint density at radius 2 is 2.12 bits per heavy atom. The zero-order valence-corrected chi connectivity index (χ0v) is 13.9. The Bertz CT molecular complexity index is 816. The van der Waals surface area contributed by atoms with Crippen LogP contribution in [-0.4, -0.2) is 55.4 Å². The lowest BCUT2D eigenvalue weighted by Gasteiger charge is -2.43. The highest BCUT2D eigenvalue weighted by molar-refractivity contribution is 5.46. The van der Waals surface area contributed by atoms with Crippen LogP contribution in [0.5, 0.6) is 0 Å². The maximum absolute atomic E-state index is 4.63. The fourth-order valence-corrected chi connectivity index (χ4v) is 3.38. The molecule has 0 saturated carbocycles. The van der Waals surface area contributed by atoms with Gasteiger partial charge in [-0.15, -0.1) is 15.3 Å². The van der Waals surface area contributed by atoms with E-state index in [1.165, 1.54) is 5.56 Å². The van der Waals surface area contributed by atoms with Crippen molar-refractivity contribution in [1.29, 1.82) is 0 Å². The number of hydrogen-bond donors (Lipinski definition) is 0. The van der Waals surface area contributed by atoms with Crippen LogP contribution in [0.4, 0.5) is 5.82 Å². The molecule has 1 saturated heterocycles. The van der Waals surface area contributed by atoms with Gasteiger partial charge in [0.05, 0.1) is 0 Å². The number of hydrogen-bond acceptors (Lipinski definition) is 6. The van der Waals surface area contributed by atoms with Crippen LogP contribution < -0.4 is 4.90 Å². The Morgan fingerprint density at radius 1 is 1.21 bits per heavy atom. The standard InChI is InChI=1S/C17H21N7/c1-13-11-22(14(2)15-4-3-7-18-10-15)8-9-23(13)17-6-5-16-20-19-12-24(16)21-17/h3-7,10,12-14H,8-9,11H2,1-2H3. The maximum Gasteiger partial charge on any atom is 0.177 e. The summed E-state index contributed by atoms with van der Waals surface area (Å²) in [5.74, 6) is 0.975. The average Bonchev–Trinajstić information content (AvgIpc) is 3.09. The monoisotopic (exact) mass is 323 g/mol. The molecule has 7 heteroatoms. The summed E-state index contributed by atoms with van der Waals surface area (Å²) in [5.41, 5.74) is 2.04. The Morgan fingerprint density at radius 3 is 2.92 bits per heavy atom. The Kier molecular flexibility index (Phi) is 3.86. The Labute approximate surface area is 140 Å². The summed E-state index contributed by atoms with van der Waals surface area (Å²) in [7, 11) is 0. The predicted octanol–water partition coefficient (Wildman–Crippen LogP) is 1.79. The molecule has 0 aliphatic carbocycles. The molecular formula is C17H21N7. The molecule has 0 radical (unpaired) electrons. The van der Waals surface area contributed by atoms with Gasteiger partial charge in [-0.05, 0) is 37.6 Å². The molecule has 4 heterocycles. The molecule has 0 spiro atoms. The highest BCUT2D eigenvalue weighted by Gasteiger charge is 2.28. The molecule has 3 aromatic heterocycles. The molecule has 2 atom stereocenters. The van der Waals surface area contributed by atoms with E-state index < -0.39 is 0 Å². The number of piperazine rings is 1. The largest absolute Gasteiger partial charge is 0.350 e. The summed E-state index contributed by atoms with van der Waals surface area (Å²) in [5, 5.41) is 12.5. The minimum atomic E-state index is 0.372. The smallest absolute Gasteiger partial charge is 0.177 e. The van der Waals surface area contributed by atoms with Gasteiger partial charge in [0.15, 0.2) is 5.65 Å². The van der Waals surface area contributed by atoms with Crippen LogP contribution in [0, 0.1) is 0 Å². The number of fused-ring (bicyclic) bond motifs is 1. The molecule has 4 rings (SSSR count). The lowest BCUT2D eigenvalue weighted by molar-refractivity contribution is 0.175. The highest BCUT2D eigenvalue weighted by atomic mass is 15.4. The minimum absolute atomic E-state index is 0.372. The van der Waals surface area contributed by atoms with Gasteiger partial charge >= 0.3 is 0 Å². The number of rotatable bonds is 3. The molecule has 124 valence electrons. The summed E-state index contributed by atoms with van der Waals surface area (Å²) in [6.07, 6.45) is 5.43. The molecule has 1 fully saturated rings. The minimum Gasteiger partial charge on any atom is -0.350 e. The first-order chi connectivity index (χ1) is 11.7. The molecule has 0 N–H and O–H groups in total. The molecule has 24 heavy (non-hydrogen) atoms. The summed E-state index contributed by atoms with van der Waals surface area (Å²) < 4.78 is 1.73. The summed E-state index contributed by atoms with van der Waals surface area (Å²) in [6.45, 7) is 7.45. The first-order valence-electron chi connectivity index (χ1n) is 8.30. The second kappa shape index (κ2) is 6.16. The molecular weight excluding hydrogens is 302 g/mol. The van der Waals surface area contributed by atoms with Crippen molar-refractivity contribution in [2.45, 2.75) is 25.9 Å². The number of nitrogens with zero attached hydrogens (tertiary/aromatic N) is 7. The van der Waals surface area contributed by atoms with Gasteiger partial charge in [-0.25, -0.2) is 0 Å². The third-order valence-corrected chi connectivity index (χ3v) is 4.82. The lowest BCUT2D eigenvalue weighted by atomic mass is 10.1. The van der Waals surface area contributed by atoms with Crippen molar-refractivity contribution in [3.8, 4) is 0 Å². The van der Waals surface area contributed by atoms with E-state index >= 15 is 0 Å². The van der Waals surface area contributed by atoms with Gasteiger partial charge in [-0.2, -0.15) is 4.52 Å². The fraction of sp³-hybridized carbons (Fsp3) is 0.412. The zero-order chi connectivity index (χ0) is 16.5. The molecule has 7 nitrogen and oxygen atoms in total. The van der Waals surface area contributed by atoms with E-state index in [2.05, 4.69) is 50.0 Å². The molecule has 0 amide bonds. The SMILES string of the molecule is CC(c1cccnc1)N1CCN(c2ccc3nncn3n2)C(C)C1. The maximum atomic E-state index is 4.63. The number of pyridine rings is 1. The predicted molar refractivity (Wildman–Crippen MR) is 91.8 cm³/mol. The van der Waals surface area contributed by atoms with Crippen molar-refractivity contribution in [1.82, 2.24) is 29.7 Å². The topological polar surface area (TPSA) is 62.5 Å². The fourth-order valence-electron chi connectivity index (χ4n) is 3.38. The van der Waals surface area contributed by atoms with Gasteiger partial charge in [0, 0.05) is 44.1 Å². The van der Waals surface area contributed by atoms with Gasteiger partial charge in [0.1, 0.15) is 12.1 Å². The van der Waals surface area contributed by atoms with E-state index in [0.717, 1.165) is 31.1 Å². The van der Waals surface area contributed by atoms with Crippen molar-refractivity contribution in [2.75, 3.05) is 24.5 Å². The number of aromatic nitrogens is 5. The van der Waals surface area contributed by atoms with Crippen molar-refractivity contribution >= 4 is 11.5 Å². The van der Waals surface area contributed by atoms with E-state index in [4.69, 9.17) is 0 Å². The Balaban J connectivity index is 1.50. The van der Waals surface area contributed by atoms with Gasteiger partial charge in [0.2, 0.25) is 0 Å². The van der Waals surface area contributed by atoms with Crippen molar-refractivity contribution in [2.24, 2.45) is 0 Å². The van der Waals surface area contributed by atoms with Crippen molar-refractivity contribution < 1.29 is 0 Å². The quantitative estimate of drug-likeness (QED) is 0.732. The summed E-state index contributed by atoms with van der Waals surface area (Å²) in [6, 6.07) is 8.91. The van der Waals surface area contributed by atoms with Gasteiger partial charge in [-0.1, -0.05) is 6.07 Å². The first-order valence-corrected chi connectivity index (χ1v) is 8.30. The van der Waals surface area contributed by atoms with E-state index in [1.807, 2.05) is 30.6 Å². The van der Waals surface area contributed by atoms with Crippen LogP contribution in [-0.2, 0) is 0 Å². The molecule has 0 bridgehead atoms. The van der Waals surface area contributed by atoms with Crippen LogP contribution >= 0.6 is 0 Å². The molecule has 2 unspecified atom stereocenters. The van der Waals surface area contributed by atoms with Crippen LogP contribution in [0.15, 0.2) is 43.0 Å². The first kappa shape index (κ1) is 15.0. The molecule has 1 aliphatic rings.